The van der Waals surface area contributed by atoms with Crippen LogP contribution in [0.5, 0.6) is 0 Å². The Bertz CT molecular complexity index is 391. The van der Waals surface area contributed by atoms with Gasteiger partial charge in [-0.05, 0) is 18.4 Å². The van der Waals surface area contributed by atoms with Crippen molar-refractivity contribution < 1.29 is 19.4 Å². The van der Waals surface area contributed by atoms with E-state index in [2.05, 4.69) is 0 Å². The lowest BCUT2D eigenvalue weighted by atomic mass is 10.1. The van der Waals surface area contributed by atoms with Crippen LogP contribution in [0.4, 0.5) is 0 Å². The van der Waals surface area contributed by atoms with Crippen molar-refractivity contribution in [2.75, 3.05) is 26.8 Å². The molecule has 0 aliphatic rings. The molecule has 0 saturated heterocycles. The van der Waals surface area contributed by atoms with Crippen molar-refractivity contribution in [3.8, 4) is 0 Å². The average Bonchev–Trinajstić information content (AvgIpc) is 2.85. The normalized spacial score (nSPS) is 12.1. The van der Waals surface area contributed by atoms with Gasteiger partial charge in [-0.2, -0.15) is 0 Å². The second-order valence-corrected chi connectivity index (χ2v) is 4.86. The van der Waals surface area contributed by atoms with Gasteiger partial charge in [0.2, 0.25) is 5.91 Å². The molecule has 1 heterocycles. The second kappa shape index (κ2) is 7.13. The van der Waals surface area contributed by atoms with E-state index in [1.807, 2.05) is 17.5 Å². The molecule has 100 valence electrons. The topological polar surface area (TPSA) is 66.8 Å². The van der Waals surface area contributed by atoms with Crippen LogP contribution in [-0.4, -0.2) is 48.7 Å². The number of methoxy groups -OCH3 is 1. The van der Waals surface area contributed by atoms with Crippen molar-refractivity contribution in [1.82, 2.24) is 4.90 Å². The summed E-state index contributed by atoms with van der Waals surface area (Å²) in [5, 5.41) is 10.7. The summed E-state index contributed by atoms with van der Waals surface area (Å²) < 4.78 is 4.89. The Morgan fingerprint density at radius 3 is 2.78 bits per heavy atom. The molecular formula is C12H17NO4S. The second-order valence-electron chi connectivity index (χ2n) is 3.88. The summed E-state index contributed by atoms with van der Waals surface area (Å²) in [6, 6.07) is 3.75. The highest BCUT2D eigenvalue weighted by Crippen LogP contribution is 2.22. The maximum atomic E-state index is 12.2. The third-order valence-electron chi connectivity index (χ3n) is 2.54. The van der Waals surface area contributed by atoms with E-state index in [0.717, 1.165) is 4.88 Å². The Kier molecular flexibility index (Phi) is 5.80. The van der Waals surface area contributed by atoms with Crippen molar-refractivity contribution in [2.45, 2.75) is 12.8 Å². The van der Waals surface area contributed by atoms with Crippen molar-refractivity contribution in [3.63, 3.8) is 0 Å². The number of rotatable bonds is 7. The Morgan fingerprint density at radius 1 is 1.56 bits per heavy atom. The lowest BCUT2D eigenvalue weighted by molar-refractivity contribution is -0.145. The highest BCUT2D eigenvalue weighted by molar-refractivity contribution is 7.10. The molecule has 6 heteroatoms. The number of carboxylic acids is 1. The first-order valence-electron chi connectivity index (χ1n) is 5.59. The number of amides is 1. The van der Waals surface area contributed by atoms with Crippen LogP contribution in [-0.2, 0) is 14.3 Å². The average molecular weight is 271 g/mol. The number of nitrogens with zero attached hydrogens (tertiary/aromatic N) is 1. The number of carbonyl (C=O) groups is 2. The summed E-state index contributed by atoms with van der Waals surface area (Å²) in [4.78, 5) is 25.2. The van der Waals surface area contributed by atoms with Gasteiger partial charge in [-0.3, -0.25) is 9.59 Å². The number of hydrogen-bond acceptors (Lipinski definition) is 4. The highest BCUT2D eigenvalue weighted by Gasteiger charge is 2.24. The van der Waals surface area contributed by atoms with Crippen LogP contribution in [0.2, 0.25) is 0 Å². The van der Waals surface area contributed by atoms with Crippen molar-refractivity contribution in [2.24, 2.45) is 0 Å². The molecule has 0 aromatic carbocycles. The summed E-state index contributed by atoms with van der Waals surface area (Å²) >= 11 is 1.49. The summed E-state index contributed by atoms with van der Waals surface area (Å²) in [6.45, 7) is 2.11. The fraction of sp³-hybridized carbons (Fsp3) is 0.500. The van der Waals surface area contributed by atoms with E-state index in [-0.39, 0.29) is 24.9 Å². The molecule has 0 aliphatic heterocycles. The molecule has 1 N–H and O–H groups in total. The van der Waals surface area contributed by atoms with Crippen LogP contribution in [0.1, 0.15) is 17.7 Å². The predicted octanol–water partition coefficient (Wildman–Crippen LogP) is 1.41. The Labute approximate surface area is 110 Å². The summed E-state index contributed by atoms with van der Waals surface area (Å²) in [6.07, 6.45) is 0. The third kappa shape index (κ3) is 4.12. The van der Waals surface area contributed by atoms with Gasteiger partial charge in [0.15, 0.2) is 0 Å². The lowest BCUT2D eigenvalue weighted by Crippen LogP contribution is -2.40. The molecule has 18 heavy (non-hydrogen) atoms. The van der Waals surface area contributed by atoms with Crippen LogP contribution in [0.25, 0.3) is 0 Å². The van der Waals surface area contributed by atoms with E-state index in [0.29, 0.717) is 6.61 Å². The molecule has 1 aromatic rings. The van der Waals surface area contributed by atoms with Crippen molar-refractivity contribution in [1.29, 1.82) is 0 Å². The molecule has 1 amide bonds. The van der Waals surface area contributed by atoms with Gasteiger partial charge in [-0.1, -0.05) is 6.07 Å². The zero-order valence-corrected chi connectivity index (χ0v) is 11.3. The number of carbonyl (C=O) groups excluding carboxylic acids is 1. The molecule has 5 nitrogen and oxygen atoms in total. The quantitative estimate of drug-likeness (QED) is 0.814. The molecule has 1 aromatic heterocycles. The van der Waals surface area contributed by atoms with E-state index >= 15 is 0 Å². The first-order valence-corrected chi connectivity index (χ1v) is 6.47. The van der Waals surface area contributed by atoms with E-state index in [4.69, 9.17) is 9.84 Å². The van der Waals surface area contributed by atoms with Gasteiger partial charge in [0.05, 0.1) is 12.5 Å². The lowest BCUT2D eigenvalue weighted by Gasteiger charge is -2.23. The van der Waals surface area contributed by atoms with Crippen molar-refractivity contribution in [3.05, 3.63) is 22.4 Å². The van der Waals surface area contributed by atoms with Crippen molar-refractivity contribution >= 4 is 23.2 Å². The van der Waals surface area contributed by atoms with Crippen LogP contribution < -0.4 is 0 Å². The van der Waals surface area contributed by atoms with Gasteiger partial charge in [0, 0.05) is 18.5 Å². The summed E-state index contributed by atoms with van der Waals surface area (Å²) in [5.74, 6) is -1.52. The molecule has 1 unspecified atom stereocenters. The number of carboxylic acid groups (broad SMARTS) is 1. The number of hydrogen-bond donors (Lipinski definition) is 1. The number of ether oxygens (including phenoxy) is 1. The first kappa shape index (κ1) is 14.7. The van der Waals surface area contributed by atoms with E-state index < -0.39 is 5.97 Å². The molecular weight excluding hydrogens is 254 g/mol. The molecule has 0 fully saturated rings. The van der Waals surface area contributed by atoms with E-state index in [1.54, 1.807) is 6.92 Å². The largest absolute Gasteiger partial charge is 0.480 e. The minimum absolute atomic E-state index is 0.183. The van der Waals surface area contributed by atoms with E-state index in [9.17, 15) is 9.59 Å². The number of thiophene rings is 1. The predicted molar refractivity (Wildman–Crippen MR) is 68.8 cm³/mol. The molecule has 0 saturated carbocycles. The van der Waals surface area contributed by atoms with Crippen LogP contribution in [0.3, 0.4) is 0 Å². The van der Waals surface area contributed by atoms with Gasteiger partial charge >= 0.3 is 5.97 Å². The maximum absolute atomic E-state index is 12.2. The van der Waals surface area contributed by atoms with E-state index in [1.165, 1.54) is 23.3 Å². The minimum Gasteiger partial charge on any atom is -0.480 e. The Balaban J connectivity index is 2.71. The highest BCUT2D eigenvalue weighted by atomic mass is 32.1. The summed E-state index contributed by atoms with van der Waals surface area (Å²) in [5.41, 5.74) is 0. The molecule has 0 spiro atoms. The number of aliphatic carboxylic acids is 1. The van der Waals surface area contributed by atoms with Gasteiger partial charge < -0.3 is 14.7 Å². The fourth-order valence-electron chi connectivity index (χ4n) is 1.57. The maximum Gasteiger partial charge on any atom is 0.323 e. The molecule has 0 bridgehead atoms. The van der Waals surface area contributed by atoms with Crippen LogP contribution >= 0.6 is 11.3 Å². The van der Waals surface area contributed by atoms with Gasteiger partial charge in [0.1, 0.15) is 6.54 Å². The third-order valence-corrected chi connectivity index (χ3v) is 3.60. The summed E-state index contributed by atoms with van der Waals surface area (Å²) in [7, 11) is 1.52. The Hall–Kier alpha value is -1.40. The molecule has 0 aliphatic carbocycles. The molecule has 1 atom stereocenters. The van der Waals surface area contributed by atoms with Crippen LogP contribution in [0, 0.1) is 0 Å². The monoisotopic (exact) mass is 271 g/mol. The van der Waals surface area contributed by atoms with Crippen LogP contribution in [0.15, 0.2) is 17.5 Å². The van der Waals surface area contributed by atoms with Gasteiger partial charge in [-0.15, -0.1) is 11.3 Å². The molecule has 1 rings (SSSR count). The SMILES string of the molecule is COCCN(CC(=O)O)C(=O)C(C)c1cccs1. The van der Waals surface area contributed by atoms with Gasteiger partial charge in [0.25, 0.3) is 0 Å². The Morgan fingerprint density at radius 2 is 2.28 bits per heavy atom. The smallest absolute Gasteiger partial charge is 0.323 e. The van der Waals surface area contributed by atoms with Gasteiger partial charge in [-0.25, -0.2) is 0 Å². The standard InChI is InChI=1S/C12H17NO4S/c1-9(10-4-3-7-18-10)12(16)13(5-6-17-2)8-11(14)15/h3-4,7,9H,5-6,8H2,1-2H3,(H,14,15). The first-order chi connectivity index (χ1) is 8.56. The zero-order chi connectivity index (χ0) is 13.5. The fourth-order valence-corrected chi connectivity index (χ4v) is 2.34. The molecule has 0 radical (unpaired) electrons. The zero-order valence-electron chi connectivity index (χ0n) is 10.5. The minimum atomic E-state index is -1.02.